The normalized spacial score (nSPS) is 10.3. The highest BCUT2D eigenvalue weighted by molar-refractivity contribution is 7.80. The highest BCUT2D eigenvalue weighted by atomic mass is 32.1. The van der Waals surface area contributed by atoms with Gasteiger partial charge < -0.3 is 21.3 Å². The monoisotopic (exact) mass is 485 g/mol. The van der Waals surface area contributed by atoms with Crippen molar-refractivity contribution in [3.8, 4) is 11.1 Å². The Kier molecular flexibility index (Phi) is 7.98. The van der Waals surface area contributed by atoms with Crippen molar-refractivity contribution >= 4 is 46.0 Å². The number of nitrogens with zero attached hydrogens (tertiary/aromatic N) is 1. The summed E-state index contributed by atoms with van der Waals surface area (Å²) < 4.78 is 12.7. The number of benzene rings is 3. The van der Waals surface area contributed by atoms with Crippen molar-refractivity contribution in [3.05, 3.63) is 103 Å². The molecule has 0 saturated carbocycles. The Morgan fingerprint density at radius 3 is 2.29 bits per heavy atom. The molecule has 176 valence electrons. The summed E-state index contributed by atoms with van der Waals surface area (Å²) >= 11 is 5.48. The number of anilines is 4. The Hall–Kier alpha value is -4.30. The molecule has 0 fully saturated rings. The van der Waals surface area contributed by atoms with Crippen LogP contribution in [0.5, 0.6) is 0 Å². The minimum Gasteiger partial charge on any atom is -0.381 e. The topological polar surface area (TPSA) is 78.1 Å². The van der Waals surface area contributed by atoms with Crippen molar-refractivity contribution in [3.63, 3.8) is 0 Å². The molecule has 4 aromatic rings. The number of hydrogen-bond donors (Lipinski definition) is 4. The zero-order chi connectivity index (χ0) is 24.5. The second kappa shape index (κ2) is 11.7. The minimum atomic E-state index is -1.07. The van der Waals surface area contributed by atoms with Crippen LogP contribution in [0, 0.1) is 0 Å². The number of hydrogen-bond acceptors (Lipinski definition) is 4. The Morgan fingerprint density at radius 1 is 0.800 bits per heavy atom. The summed E-state index contributed by atoms with van der Waals surface area (Å²) in [6, 6.07) is 26.7. The maximum atomic E-state index is 12.7. The number of aromatic nitrogens is 1. The minimum absolute atomic E-state index is 0.443. The lowest BCUT2D eigenvalue weighted by Crippen LogP contribution is -2.19. The smallest absolute Gasteiger partial charge is 0.255 e. The lowest BCUT2D eigenvalue weighted by Gasteiger charge is -2.14. The molecule has 0 unspecified atom stereocenters. The van der Waals surface area contributed by atoms with Crippen LogP contribution in [0.15, 0.2) is 97.3 Å². The molecule has 0 radical (unpaired) electrons. The van der Waals surface area contributed by atoms with E-state index in [1.54, 1.807) is 24.5 Å². The van der Waals surface area contributed by atoms with Gasteiger partial charge in [-0.05, 0) is 77.9 Å². The molecule has 4 N–H and O–H groups in total. The van der Waals surface area contributed by atoms with Gasteiger partial charge in [0.2, 0.25) is 0 Å². The second-order valence-electron chi connectivity index (χ2n) is 7.67. The number of nitrogens with one attached hydrogen (secondary N) is 4. The molecule has 0 aliphatic heterocycles. The maximum Gasteiger partial charge on any atom is 0.255 e. The molecule has 0 spiro atoms. The summed E-state index contributed by atoms with van der Waals surface area (Å²) in [6.07, 6.45) is 3.55. The van der Waals surface area contributed by atoms with E-state index in [0.29, 0.717) is 17.3 Å². The van der Waals surface area contributed by atoms with E-state index in [9.17, 15) is 9.18 Å². The van der Waals surface area contributed by atoms with E-state index >= 15 is 0 Å². The number of rotatable bonds is 8. The maximum absolute atomic E-state index is 12.7. The summed E-state index contributed by atoms with van der Waals surface area (Å²) in [7, 11) is 0. The fourth-order valence-electron chi connectivity index (χ4n) is 3.46. The van der Waals surface area contributed by atoms with E-state index in [2.05, 4.69) is 26.3 Å². The number of para-hydroxylation sites is 1. The van der Waals surface area contributed by atoms with Crippen LogP contribution >= 0.6 is 12.2 Å². The van der Waals surface area contributed by atoms with Crippen molar-refractivity contribution in [2.45, 2.75) is 6.54 Å². The van der Waals surface area contributed by atoms with Gasteiger partial charge in [-0.3, -0.25) is 9.78 Å². The largest absolute Gasteiger partial charge is 0.381 e. The molecule has 3 aromatic carbocycles. The number of halogens is 1. The molecule has 4 rings (SSSR count). The second-order valence-corrected chi connectivity index (χ2v) is 8.08. The number of pyridine rings is 1. The van der Waals surface area contributed by atoms with E-state index in [0.717, 1.165) is 33.8 Å². The molecule has 1 amide bonds. The number of carbonyl (C=O) groups excluding carboxylic acids is 1. The molecule has 6 nitrogen and oxygen atoms in total. The van der Waals surface area contributed by atoms with Gasteiger partial charge in [0.25, 0.3) is 5.91 Å². The van der Waals surface area contributed by atoms with Crippen LogP contribution in [0.2, 0.25) is 0 Å². The van der Waals surface area contributed by atoms with Gasteiger partial charge in [0.1, 0.15) is 0 Å². The third-order valence-corrected chi connectivity index (χ3v) is 5.35. The van der Waals surface area contributed by atoms with E-state index in [4.69, 9.17) is 12.2 Å². The molecule has 1 heterocycles. The van der Waals surface area contributed by atoms with Crippen LogP contribution in [-0.2, 0) is 11.3 Å². The quantitative estimate of drug-likeness (QED) is 0.227. The summed E-state index contributed by atoms with van der Waals surface area (Å²) in [6.45, 7) is -0.357. The molecule has 0 saturated heterocycles. The first-order valence-corrected chi connectivity index (χ1v) is 11.4. The average molecular weight is 486 g/mol. The Morgan fingerprint density at radius 2 is 1.51 bits per heavy atom. The van der Waals surface area contributed by atoms with E-state index < -0.39 is 12.6 Å². The highest BCUT2D eigenvalue weighted by Crippen LogP contribution is 2.29. The van der Waals surface area contributed by atoms with Crippen LogP contribution in [-0.4, -0.2) is 22.7 Å². The lowest BCUT2D eigenvalue weighted by atomic mass is 10.0. The standard InChI is InChI=1S/C27H24FN5OS/c28-17-26(34)33-25-7-2-1-6-24(25)20-4-3-5-23(16-20)32-27(35)31-22-10-8-21(9-11-22)30-18-19-12-14-29-15-13-19/h1-16,30H,17-18H2,(H,33,34)(H2,31,32,35). The van der Waals surface area contributed by atoms with Crippen molar-refractivity contribution in [1.82, 2.24) is 4.98 Å². The number of thiocarbonyl (C=S) groups is 1. The average Bonchev–Trinajstić information content (AvgIpc) is 2.89. The molecule has 0 atom stereocenters. The van der Waals surface area contributed by atoms with Gasteiger partial charge >= 0.3 is 0 Å². The summed E-state index contributed by atoms with van der Waals surface area (Å²) in [4.78, 5) is 15.6. The summed E-state index contributed by atoms with van der Waals surface area (Å²) in [5.41, 5.74) is 5.98. The zero-order valence-corrected chi connectivity index (χ0v) is 19.6. The zero-order valence-electron chi connectivity index (χ0n) is 18.8. The fraction of sp³-hybridized carbons (Fsp3) is 0.0741. The van der Waals surface area contributed by atoms with Gasteiger partial charge in [-0.25, -0.2) is 4.39 Å². The van der Waals surface area contributed by atoms with Crippen molar-refractivity contribution in [2.75, 3.05) is 27.9 Å². The Bertz CT molecular complexity index is 1300. The summed E-state index contributed by atoms with van der Waals surface area (Å²) in [5.74, 6) is -0.685. The van der Waals surface area contributed by atoms with Gasteiger partial charge in [0.05, 0.1) is 0 Å². The Labute approximate surface area is 208 Å². The van der Waals surface area contributed by atoms with Crippen molar-refractivity contribution < 1.29 is 9.18 Å². The first-order valence-electron chi connectivity index (χ1n) is 11.0. The molecule has 0 aliphatic rings. The van der Waals surface area contributed by atoms with E-state index in [1.165, 1.54) is 0 Å². The first kappa shape index (κ1) is 23.8. The van der Waals surface area contributed by atoms with Gasteiger partial charge in [-0.15, -0.1) is 0 Å². The molecule has 35 heavy (non-hydrogen) atoms. The number of carbonyl (C=O) groups is 1. The fourth-order valence-corrected chi connectivity index (χ4v) is 3.70. The van der Waals surface area contributed by atoms with Gasteiger partial charge in [-0.2, -0.15) is 0 Å². The van der Waals surface area contributed by atoms with Crippen LogP contribution < -0.4 is 21.3 Å². The summed E-state index contributed by atoms with van der Waals surface area (Å²) in [5, 5.41) is 12.8. The van der Waals surface area contributed by atoms with E-state index in [1.807, 2.05) is 72.8 Å². The molecule has 0 aliphatic carbocycles. The third-order valence-electron chi connectivity index (χ3n) is 5.14. The molecular weight excluding hydrogens is 461 g/mol. The van der Waals surface area contributed by atoms with Crippen LogP contribution in [0.25, 0.3) is 11.1 Å². The number of amides is 1. The molecule has 8 heteroatoms. The number of alkyl halides is 1. The highest BCUT2D eigenvalue weighted by Gasteiger charge is 2.09. The predicted octanol–water partition coefficient (Wildman–Crippen LogP) is 6.08. The molecule has 1 aromatic heterocycles. The predicted molar refractivity (Wildman–Crippen MR) is 144 cm³/mol. The third kappa shape index (κ3) is 6.84. The van der Waals surface area contributed by atoms with Gasteiger partial charge in [-0.1, -0.05) is 30.3 Å². The van der Waals surface area contributed by atoms with Crippen LogP contribution in [0.4, 0.5) is 27.1 Å². The van der Waals surface area contributed by atoms with E-state index in [-0.39, 0.29) is 0 Å². The van der Waals surface area contributed by atoms with Gasteiger partial charge in [0.15, 0.2) is 11.8 Å². The van der Waals surface area contributed by atoms with Gasteiger partial charge in [0, 0.05) is 47.3 Å². The SMILES string of the molecule is O=C(CF)Nc1ccccc1-c1cccc(NC(=S)Nc2ccc(NCc3ccncc3)cc2)c1. The van der Waals surface area contributed by atoms with Crippen LogP contribution in [0.3, 0.4) is 0 Å². The molecule has 0 bridgehead atoms. The van der Waals surface area contributed by atoms with Crippen LogP contribution in [0.1, 0.15) is 5.56 Å². The molecular formula is C27H24FN5OS. The Balaban J connectivity index is 1.37. The lowest BCUT2D eigenvalue weighted by molar-refractivity contribution is -0.117. The van der Waals surface area contributed by atoms with Crippen molar-refractivity contribution in [2.24, 2.45) is 0 Å². The first-order chi connectivity index (χ1) is 17.1. The van der Waals surface area contributed by atoms with Crippen molar-refractivity contribution in [1.29, 1.82) is 0 Å².